The summed E-state index contributed by atoms with van der Waals surface area (Å²) in [4.78, 5) is 2.46. The smallest absolute Gasteiger partial charge is 0.0350 e. The van der Waals surface area contributed by atoms with Crippen LogP contribution in [0.4, 0.5) is 5.69 Å². The number of benzene rings is 1. The highest BCUT2D eigenvalue weighted by atomic mass is 15.1. The van der Waals surface area contributed by atoms with Gasteiger partial charge in [-0.05, 0) is 56.1 Å². The molecular weight excluding hydrogens is 184 g/mol. The minimum absolute atomic E-state index is 0.612. The van der Waals surface area contributed by atoms with Gasteiger partial charge in [-0.1, -0.05) is 13.0 Å². The molecule has 2 nitrogen and oxygen atoms in total. The molecule has 1 atom stereocenters. The number of fused-ring (bicyclic) bond motifs is 1. The highest BCUT2D eigenvalue weighted by Crippen LogP contribution is 2.35. The van der Waals surface area contributed by atoms with Gasteiger partial charge in [0.15, 0.2) is 0 Å². The number of anilines is 1. The van der Waals surface area contributed by atoms with Crippen molar-refractivity contribution in [1.82, 2.24) is 4.90 Å². The summed E-state index contributed by atoms with van der Waals surface area (Å²) >= 11 is 0. The Morgan fingerprint density at radius 2 is 2.27 bits per heavy atom. The van der Waals surface area contributed by atoms with Crippen LogP contribution in [0.25, 0.3) is 0 Å². The van der Waals surface area contributed by atoms with Crippen molar-refractivity contribution in [2.45, 2.75) is 32.2 Å². The molecule has 1 aliphatic rings. The number of nitrogens with zero attached hydrogens (tertiary/aromatic N) is 1. The molecule has 0 saturated heterocycles. The summed E-state index contributed by atoms with van der Waals surface area (Å²) in [5.74, 6) is 0. The highest BCUT2D eigenvalue weighted by molar-refractivity contribution is 5.47. The Hall–Kier alpha value is -1.02. The van der Waals surface area contributed by atoms with Crippen LogP contribution in [0.3, 0.4) is 0 Å². The van der Waals surface area contributed by atoms with Crippen LogP contribution in [0, 0.1) is 0 Å². The second-order valence-corrected chi connectivity index (χ2v) is 4.49. The number of nitrogen functional groups attached to an aromatic ring is 1. The molecule has 0 heterocycles. The molecule has 0 saturated carbocycles. The molecule has 0 aliphatic heterocycles. The molecule has 82 valence electrons. The topological polar surface area (TPSA) is 29.3 Å². The van der Waals surface area contributed by atoms with Crippen molar-refractivity contribution < 1.29 is 0 Å². The lowest BCUT2D eigenvalue weighted by Gasteiger charge is -2.24. The Kier molecular flexibility index (Phi) is 2.96. The summed E-state index contributed by atoms with van der Waals surface area (Å²) in [7, 11) is 2.22. The zero-order valence-corrected chi connectivity index (χ0v) is 9.66. The average molecular weight is 204 g/mol. The lowest BCUT2D eigenvalue weighted by atomic mass is 10.1. The van der Waals surface area contributed by atoms with E-state index in [1.54, 1.807) is 0 Å². The van der Waals surface area contributed by atoms with E-state index in [9.17, 15) is 0 Å². The van der Waals surface area contributed by atoms with Gasteiger partial charge in [0.2, 0.25) is 0 Å². The Bertz CT molecular complexity index is 346. The van der Waals surface area contributed by atoms with Gasteiger partial charge in [0.25, 0.3) is 0 Å². The first-order valence-corrected chi connectivity index (χ1v) is 5.81. The van der Waals surface area contributed by atoms with Crippen molar-refractivity contribution >= 4 is 5.69 Å². The summed E-state index contributed by atoms with van der Waals surface area (Å²) < 4.78 is 0. The first-order chi connectivity index (χ1) is 7.22. The van der Waals surface area contributed by atoms with E-state index in [2.05, 4.69) is 31.0 Å². The monoisotopic (exact) mass is 204 g/mol. The van der Waals surface area contributed by atoms with E-state index in [1.807, 2.05) is 6.07 Å². The number of aryl methyl sites for hydroxylation is 1. The van der Waals surface area contributed by atoms with Crippen molar-refractivity contribution in [3.63, 3.8) is 0 Å². The van der Waals surface area contributed by atoms with Crippen LogP contribution >= 0.6 is 0 Å². The second kappa shape index (κ2) is 4.23. The molecule has 0 amide bonds. The fourth-order valence-corrected chi connectivity index (χ4v) is 2.58. The van der Waals surface area contributed by atoms with Crippen LogP contribution in [0.15, 0.2) is 18.2 Å². The predicted molar refractivity (Wildman–Crippen MR) is 64.8 cm³/mol. The SMILES string of the molecule is CCCN(C)C1CCc2cc(N)ccc21. The molecule has 1 unspecified atom stereocenters. The zero-order chi connectivity index (χ0) is 10.8. The van der Waals surface area contributed by atoms with E-state index >= 15 is 0 Å². The molecule has 0 aromatic heterocycles. The van der Waals surface area contributed by atoms with Crippen molar-refractivity contribution in [1.29, 1.82) is 0 Å². The maximum Gasteiger partial charge on any atom is 0.0350 e. The van der Waals surface area contributed by atoms with E-state index in [1.165, 1.54) is 36.9 Å². The summed E-state index contributed by atoms with van der Waals surface area (Å²) in [5.41, 5.74) is 9.63. The van der Waals surface area contributed by atoms with Crippen molar-refractivity contribution in [3.05, 3.63) is 29.3 Å². The molecule has 0 bridgehead atoms. The molecule has 15 heavy (non-hydrogen) atoms. The molecule has 2 rings (SSSR count). The van der Waals surface area contributed by atoms with Gasteiger partial charge in [-0.3, -0.25) is 4.90 Å². The second-order valence-electron chi connectivity index (χ2n) is 4.49. The van der Waals surface area contributed by atoms with Gasteiger partial charge in [0.1, 0.15) is 0 Å². The first-order valence-electron chi connectivity index (χ1n) is 5.81. The first kappa shape index (κ1) is 10.5. The van der Waals surface area contributed by atoms with Gasteiger partial charge in [0, 0.05) is 11.7 Å². The van der Waals surface area contributed by atoms with Crippen LogP contribution < -0.4 is 5.73 Å². The van der Waals surface area contributed by atoms with Crippen LogP contribution in [0.2, 0.25) is 0 Å². The molecule has 0 fully saturated rings. The molecule has 2 N–H and O–H groups in total. The van der Waals surface area contributed by atoms with Gasteiger partial charge < -0.3 is 5.73 Å². The zero-order valence-electron chi connectivity index (χ0n) is 9.66. The van der Waals surface area contributed by atoms with E-state index in [0.717, 1.165) is 5.69 Å². The normalized spacial score (nSPS) is 19.5. The summed E-state index contributed by atoms with van der Waals surface area (Å²) in [6.07, 6.45) is 3.64. The number of hydrogen-bond donors (Lipinski definition) is 1. The summed E-state index contributed by atoms with van der Waals surface area (Å²) in [6.45, 7) is 3.41. The minimum atomic E-state index is 0.612. The Labute approximate surface area is 92.1 Å². The largest absolute Gasteiger partial charge is 0.399 e. The summed E-state index contributed by atoms with van der Waals surface area (Å²) in [5, 5.41) is 0. The third kappa shape index (κ3) is 2.00. The standard InChI is InChI=1S/C13H20N2/c1-3-8-15(2)13-7-4-10-9-11(14)5-6-12(10)13/h5-6,9,13H,3-4,7-8,14H2,1-2H3. The van der Waals surface area contributed by atoms with E-state index in [4.69, 9.17) is 5.73 Å². The Morgan fingerprint density at radius 1 is 1.47 bits per heavy atom. The number of nitrogens with two attached hydrogens (primary N) is 1. The molecule has 0 radical (unpaired) electrons. The molecule has 2 heteroatoms. The lowest BCUT2D eigenvalue weighted by molar-refractivity contribution is 0.245. The Balaban J connectivity index is 2.21. The minimum Gasteiger partial charge on any atom is -0.399 e. The molecule has 1 aliphatic carbocycles. The van der Waals surface area contributed by atoms with Gasteiger partial charge >= 0.3 is 0 Å². The predicted octanol–water partition coefficient (Wildman–Crippen LogP) is 2.60. The number of hydrogen-bond acceptors (Lipinski definition) is 2. The van der Waals surface area contributed by atoms with Gasteiger partial charge in [-0.15, -0.1) is 0 Å². The van der Waals surface area contributed by atoms with E-state index in [-0.39, 0.29) is 0 Å². The van der Waals surface area contributed by atoms with Crippen LogP contribution in [0.5, 0.6) is 0 Å². The Morgan fingerprint density at radius 3 is 3.00 bits per heavy atom. The number of rotatable bonds is 3. The third-order valence-corrected chi connectivity index (χ3v) is 3.32. The maximum absolute atomic E-state index is 5.80. The maximum atomic E-state index is 5.80. The lowest BCUT2D eigenvalue weighted by Crippen LogP contribution is -2.23. The quantitative estimate of drug-likeness (QED) is 0.767. The summed E-state index contributed by atoms with van der Waals surface area (Å²) in [6, 6.07) is 6.97. The van der Waals surface area contributed by atoms with Gasteiger partial charge in [0.05, 0.1) is 0 Å². The molecular formula is C13H20N2. The fourth-order valence-electron chi connectivity index (χ4n) is 2.58. The third-order valence-electron chi connectivity index (χ3n) is 3.32. The van der Waals surface area contributed by atoms with E-state index in [0.29, 0.717) is 6.04 Å². The van der Waals surface area contributed by atoms with Gasteiger partial charge in [-0.25, -0.2) is 0 Å². The van der Waals surface area contributed by atoms with E-state index < -0.39 is 0 Å². The van der Waals surface area contributed by atoms with Crippen molar-refractivity contribution in [2.75, 3.05) is 19.3 Å². The molecule has 0 spiro atoms. The van der Waals surface area contributed by atoms with Crippen LogP contribution in [-0.2, 0) is 6.42 Å². The van der Waals surface area contributed by atoms with Crippen LogP contribution in [-0.4, -0.2) is 18.5 Å². The van der Waals surface area contributed by atoms with Crippen molar-refractivity contribution in [3.8, 4) is 0 Å². The highest BCUT2D eigenvalue weighted by Gasteiger charge is 2.25. The average Bonchev–Trinajstić information content (AvgIpc) is 2.60. The molecule has 1 aromatic rings. The van der Waals surface area contributed by atoms with Crippen LogP contribution in [0.1, 0.15) is 36.9 Å². The fraction of sp³-hybridized carbons (Fsp3) is 0.538. The van der Waals surface area contributed by atoms with Crippen molar-refractivity contribution in [2.24, 2.45) is 0 Å². The molecule has 1 aromatic carbocycles. The van der Waals surface area contributed by atoms with Gasteiger partial charge in [-0.2, -0.15) is 0 Å².